The summed E-state index contributed by atoms with van der Waals surface area (Å²) in [6, 6.07) is 12.8. The first-order chi connectivity index (χ1) is 11.7. The van der Waals surface area contributed by atoms with Crippen LogP contribution in [0.25, 0.3) is 11.0 Å². The number of nitrogens with one attached hydrogen (secondary N) is 2. The standard InChI is InChI=1S/C18H19N3O3/c1-12(16-10-14-5-3-4-6-15(14)24-16)21-18(22)20-11-13-7-8-19-17(9-13)23-2/h3-10,12H,11H2,1-2H3,(H2,20,21,22). The molecular formula is C18H19N3O3. The molecule has 2 amide bonds. The first kappa shape index (κ1) is 15.9. The quantitative estimate of drug-likeness (QED) is 0.754. The van der Waals surface area contributed by atoms with Gasteiger partial charge in [0.25, 0.3) is 0 Å². The number of carbonyl (C=O) groups is 1. The molecule has 0 spiro atoms. The largest absolute Gasteiger partial charge is 0.481 e. The number of benzene rings is 1. The highest BCUT2D eigenvalue weighted by atomic mass is 16.5. The van der Waals surface area contributed by atoms with E-state index < -0.39 is 0 Å². The number of rotatable bonds is 5. The first-order valence-electron chi connectivity index (χ1n) is 7.67. The number of fused-ring (bicyclic) bond motifs is 1. The number of furan rings is 1. The van der Waals surface area contributed by atoms with Gasteiger partial charge >= 0.3 is 6.03 Å². The van der Waals surface area contributed by atoms with Crippen LogP contribution in [0.4, 0.5) is 4.79 Å². The molecule has 0 aliphatic heterocycles. The van der Waals surface area contributed by atoms with Gasteiger partial charge in [-0.2, -0.15) is 0 Å². The summed E-state index contributed by atoms with van der Waals surface area (Å²) in [7, 11) is 1.56. The van der Waals surface area contributed by atoms with Gasteiger partial charge in [-0.15, -0.1) is 0 Å². The van der Waals surface area contributed by atoms with Crippen LogP contribution in [0, 0.1) is 0 Å². The molecule has 6 nitrogen and oxygen atoms in total. The van der Waals surface area contributed by atoms with E-state index >= 15 is 0 Å². The van der Waals surface area contributed by atoms with Crippen LogP contribution in [-0.4, -0.2) is 18.1 Å². The molecule has 3 rings (SSSR count). The Labute approximate surface area is 139 Å². The second-order valence-corrected chi connectivity index (χ2v) is 5.44. The van der Waals surface area contributed by atoms with Gasteiger partial charge in [-0.1, -0.05) is 18.2 Å². The SMILES string of the molecule is COc1cc(CNC(=O)NC(C)c2cc3ccccc3o2)ccn1. The van der Waals surface area contributed by atoms with E-state index in [1.165, 1.54) is 0 Å². The number of hydrogen-bond donors (Lipinski definition) is 2. The Morgan fingerprint density at radius 3 is 2.92 bits per heavy atom. The fraction of sp³-hybridized carbons (Fsp3) is 0.222. The molecular weight excluding hydrogens is 306 g/mol. The van der Waals surface area contributed by atoms with Crippen LogP contribution < -0.4 is 15.4 Å². The number of urea groups is 1. The monoisotopic (exact) mass is 325 g/mol. The third-order valence-electron chi connectivity index (χ3n) is 3.68. The molecule has 0 saturated carbocycles. The molecule has 0 fully saturated rings. The Morgan fingerprint density at radius 2 is 2.12 bits per heavy atom. The van der Waals surface area contributed by atoms with Crippen LogP contribution in [0.5, 0.6) is 5.88 Å². The molecule has 0 radical (unpaired) electrons. The minimum Gasteiger partial charge on any atom is -0.481 e. The van der Waals surface area contributed by atoms with Crippen LogP contribution in [0.3, 0.4) is 0 Å². The molecule has 6 heteroatoms. The van der Waals surface area contributed by atoms with E-state index in [2.05, 4.69) is 15.6 Å². The molecule has 1 atom stereocenters. The van der Waals surface area contributed by atoms with Crippen molar-refractivity contribution < 1.29 is 13.9 Å². The molecule has 3 aromatic rings. The lowest BCUT2D eigenvalue weighted by Gasteiger charge is -2.12. The summed E-state index contributed by atoms with van der Waals surface area (Å²) in [6.07, 6.45) is 1.64. The van der Waals surface area contributed by atoms with Crippen LogP contribution in [0.1, 0.15) is 24.3 Å². The zero-order valence-electron chi connectivity index (χ0n) is 13.6. The first-order valence-corrected chi connectivity index (χ1v) is 7.67. The van der Waals surface area contributed by atoms with E-state index in [9.17, 15) is 4.79 Å². The van der Waals surface area contributed by atoms with Gasteiger partial charge in [-0.05, 0) is 30.7 Å². The van der Waals surface area contributed by atoms with Gasteiger partial charge in [0, 0.05) is 24.2 Å². The van der Waals surface area contributed by atoms with Gasteiger partial charge < -0.3 is 19.8 Å². The average Bonchev–Trinajstić information content (AvgIpc) is 3.04. The molecule has 2 aromatic heterocycles. The molecule has 0 aliphatic carbocycles. The van der Waals surface area contributed by atoms with E-state index in [0.717, 1.165) is 22.3 Å². The van der Waals surface area contributed by atoms with Gasteiger partial charge in [0.05, 0.1) is 13.2 Å². The van der Waals surface area contributed by atoms with E-state index in [-0.39, 0.29) is 12.1 Å². The van der Waals surface area contributed by atoms with Crippen molar-refractivity contribution in [3.05, 3.63) is 60.0 Å². The van der Waals surface area contributed by atoms with Crippen LogP contribution in [0.2, 0.25) is 0 Å². The number of hydrogen-bond acceptors (Lipinski definition) is 4. The van der Waals surface area contributed by atoms with E-state index in [0.29, 0.717) is 12.4 Å². The fourth-order valence-corrected chi connectivity index (χ4v) is 2.39. The summed E-state index contributed by atoms with van der Waals surface area (Å²) in [5, 5.41) is 6.69. The predicted octanol–water partition coefficient (Wildman–Crippen LogP) is 3.40. The Bertz CT molecular complexity index is 811. The van der Waals surface area contributed by atoms with Crippen molar-refractivity contribution in [2.24, 2.45) is 0 Å². The maximum atomic E-state index is 12.1. The van der Waals surface area contributed by atoms with Crippen molar-refractivity contribution in [2.45, 2.75) is 19.5 Å². The summed E-state index contributed by atoms with van der Waals surface area (Å²) in [5.74, 6) is 1.24. The lowest BCUT2D eigenvalue weighted by atomic mass is 10.2. The second-order valence-electron chi connectivity index (χ2n) is 5.44. The van der Waals surface area contributed by atoms with Crippen LogP contribution in [0.15, 0.2) is 53.1 Å². The van der Waals surface area contributed by atoms with Gasteiger partial charge in [0.2, 0.25) is 5.88 Å². The molecule has 1 aromatic carbocycles. The van der Waals surface area contributed by atoms with E-state index in [1.807, 2.05) is 43.3 Å². The highest BCUT2D eigenvalue weighted by Gasteiger charge is 2.14. The highest BCUT2D eigenvalue weighted by Crippen LogP contribution is 2.23. The average molecular weight is 325 g/mol. The van der Waals surface area contributed by atoms with Crippen molar-refractivity contribution in [3.63, 3.8) is 0 Å². The minimum atomic E-state index is -0.265. The molecule has 24 heavy (non-hydrogen) atoms. The molecule has 124 valence electrons. The normalized spacial score (nSPS) is 11.9. The van der Waals surface area contributed by atoms with Crippen molar-refractivity contribution in [2.75, 3.05) is 7.11 Å². The van der Waals surface area contributed by atoms with Crippen molar-refractivity contribution in [1.82, 2.24) is 15.6 Å². The summed E-state index contributed by atoms with van der Waals surface area (Å²) in [4.78, 5) is 16.1. The summed E-state index contributed by atoms with van der Waals surface area (Å²) >= 11 is 0. The van der Waals surface area contributed by atoms with Gasteiger partial charge in [-0.25, -0.2) is 9.78 Å². The lowest BCUT2D eigenvalue weighted by Crippen LogP contribution is -2.36. The molecule has 0 saturated heterocycles. The third-order valence-corrected chi connectivity index (χ3v) is 3.68. The molecule has 0 bridgehead atoms. The van der Waals surface area contributed by atoms with Crippen molar-refractivity contribution in [1.29, 1.82) is 0 Å². The number of para-hydroxylation sites is 1. The number of pyridine rings is 1. The predicted molar refractivity (Wildman–Crippen MR) is 90.8 cm³/mol. The van der Waals surface area contributed by atoms with Crippen LogP contribution >= 0.6 is 0 Å². The zero-order valence-corrected chi connectivity index (χ0v) is 13.6. The summed E-state index contributed by atoms with van der Waals surface area (Å²) in [5.41, 5.74) is 1.72. The second kappa shape index (κ2) is 7.04. The zero-order chi connectivity index (χ0) is 16.9. The summed E-state index contributed by atoms with van der Waals surface area (Å²) in [6.45, 7) is 2.27. The highest BCUT2D eigenvalue weighted by molar-refractivity contribution is 5.78. The van der Waals surface area contributed by atoms with E-state index in [1.54, 1.807) is 19.4 Å². The fourth-order valence-electron chi connectivity index (χ4n) is 2.39. The molecule has 2 heterocycles. The number of aromatic nitrogens is 1. The van der Waals surface area contributed by atoms with Gasteiger partial charge in [0.1, 0.15) is 11.3 Å². The number of amides is 2. The topological polar surface area (TPSA) is 76.4 Å². The smallest absolute Gasteiger partial charge is 0.315 e. The molecule has 1 unspecified atom stereocenters. The van der Waals surface area contributed by atoms with Gasteiger partial charge in [0.15, 0.2) is 0 Å². The number of nitrogens with zero attached hydrogens (tertiary/aromatic N) is 1. The Balaban J connectivity index is 1.57. The van der Waals surface area contributed by atoms with Crippen LogP contribution in [-0.2, 0) is 6.54 Å². The van der Waals surface area contributed by atoms with Gasteiger partial charge in [-0.3, -0.25) is 0 Å². The lowest BCUT2D eigenvalue weighted by molar-refractivity contribution is 0.236. The Morgan fingerprint density at radius 1 is 1.29 bits per heavy atom. The summed E-state index contributed by atoms with van der Waals surface area (Å²) < 4.78 is 10.8. The number of ether oxygens (including phenoxy) is 1. The molecule has 2 N–H and O–H groups in total. The molecule has 0 aliphatic rings. The van der Waals surface area contributed by atoms with Crippen molar-refractivity contribution >= 4 is 17.0 Å². The number of carbonyl (C=O) groups excluding carboxylic acids is 1. The number of methoxy groups -OCH3 is 1. The minimum absolute atomic E-state index is 0.232. The third kappa shape index (κ3) is 3.65. The Kier molecular flexibility index (Phi) is 4.65. The van der Waals surface area contributed by atoms with Crippen molar-refractivity contribution in [3.8, 4) is 5.88 Å². The van der Waals surface area contributed by atoms with E-state index in [4.69, 9.17) is 9.15 Å². The maximum Gasteiger partial charge on any atom is 0.315 e. The maximum absolute atomic E-state index is 12.1. The Hall–Kier alpha value is -3.02.